The Kier molecular flexibility index (Phi) is 3.78. The molecule has 1 atom stereocenters. The lowest BCUT2D eigenvalue weighted by atomic mass is 10.1. The fourth-order valence-corrected chi connectivity index (χ4v) is 2.73. The van der Waals surface area contributed by atoms with Crippen LogP contribution in [0, 0.1) is 13.8 Å². The van der Waals surface area contributed by atoms with Crippen molar-refractivity contribution in [2.45, 2.75) is 26.3 Å². The van der Waals surface area contributed by atoms with Gasteiger partial charge in [-0.1, -0.05) is 18.2 Å². The molecule has 118 valence electrons. The maximum Gasteiger partial charge on any atom is 0.256 e. The topological polar surface area (TPSA) is 69.6 Å². The number of nitrogens with zero attached hydrogens (tertiary/aromatic N) is 1. The van der Waals surface area contributed by atoms with Crippen molar-refractivity contribution in [3.05, 3.63) is 53.6 Å². The normalized spacial score (nSPS) is 17.7. The van der Waals surface area contributed by atoms with Crippen LogP contribution >= 0.6 is 0 Å². The summed E-state index contributed by atoms with van der Waals surface area (Å²) < 4.78 is 0. The second-order valence-corrected chi connectivity index (χ2v) is 5.81. The molecule has 0 aliphatic carbocycles. The Hall–Kier alpha value is -2.82. The molecule has 0 aromatic heterocycles. The Balaban J connectivity index is 1.85. The van der Waals surface area contributed by atoms with Crippen molar-refractivity contribution in [1.29, 1.82) is 0 Å². The van der Waals surface area contributed by atoms with Crippen molar-refractivity contribution in [2.24, 2.45) is 0 Å². The van der Waals surface area contributed by atoms with Crippen LogP contribution in [0.25, 0.3) is 0 Å². The molecule has 2 aromatic carbocycles. The summed E-state index contributed by atoms with van der Waals surface area (Å²) in [6, 6.07) is 11.5. The lowest BCUT2D eigenvalue weighted by Crippen LogP contribution is -2.34. The quantitative estimate of drug-likeness (QED) is 0.855. The van der Waals surface area contributed by atoms with Crippen molar-refractivity contribution >= 4 is 23.2 Å². The predicted molar refractivity (Wildman–Crippen MR) is 88.5 cm³/mol. The van der Waals surface area contributed by atoms with Crippen molar-refractivity contribution < 1.29 is 14.7 Å². The largest absolute Gasteiger partial charge is 0.508 e. The van der Waals surface area contributed by atoms with Crippen LogP contribution in [0.5, 0.6) is 5.75 Å². The number of phenolic OH excluding ortho intramolecular Hbond substituents is 1. The van der Waals surface area contributed by atoms with E-state index in [9.17, 15) is 14.7 Å². The third-order valence-corrected chi connectivity index (χ3v) is 3.96. The number of rotatable bonds is 3. The van der Waals surface area contributed by atoms with Gasteiger partial charge in [-0.2, -0.15) is 0 Å². The summed E-state index contributed by atoms with van der Waals surface area (Å²) in [5, 5.41) is 12.7. The molecule has 5 heteroatoms. The van der Waals surface area contributed by atoms with E-state index in [1.165, 1.54) is 12.1 Å². The molecule has 2 N–H and O–H groups in total. The fraction of sp³-hybridized carbons (Fsp3) is 0.222. The molecule has 1 heterocycles. The molecule has 1 aliphatic heterocycles. The van der Waals surface area contributed by atoms with Crippen molar-refractivity contribution in [2.75, 3.05) is 10.2 Å². The first kappa shape index (κ1) is 15.1. The number of carbonyl (C=O) groups is 2. The number of amides is 2. The summed E-state index contributed by atoms with van der Waals surface area (Å²) in [5.74, 6) is -0.557. The highest BCUT2D eigenvalue weighted by Crippen LogP contribution is 2.28. The second kappa shape index (κ2) is 5.76. The predicted octanol–water partition coefficient (Wildman–Crippen LogP) is 2.75. The molecule has 0 spiro atoms. The van der Waals surface area contributed by atoms with E-state index in [4.69, 9.17) is 0 Å². The minimum atomic E-state index is -0.592. The monoisotopic (exact) mass is 310 g/mol. The summed E-state index contributed by atoms with van der Waals surface area (Å²) >= 11 is 0. The number of aryl methyl sites for hydroxylation is 2. The molecule has 5 nitrogen and oxygen atoms in total. The highest BCUT2D eigenvalue weighted by Gasteiger charge is 2.39. The third kappa shape index (κ3) is 2.90. The Morgan fingerprint density at radius 2 is 1.91 bits per heavy atom. The molecule has 23 heavy (non-hydrogen) atoms. The molecule has 3 rings (SSSR count). The van der Waals surface area contributed by atoms with Gasteiger partial charge in [0.25, 0.3) is 5.91 Å². The highest BCUT2D eigenvalue weighted by atomic mass is 16.3. The van der Waals surface area contributed by atoms with Crippen LogP contribution in [0.1, 0.15) is 17.5 Å². The molecular weight excluding hydrogens is 292 g/mol. The van der Waals surface area contributed by atoms with Gasteiger partial charge in [-0.3, -0.25) is 9.59 Å². The number of aromatic hydroxyl groups is 1. The van der Waals surface area contributed by atoms with Gasteiger partial charge in [0.1, 0.15) is 11.8 Å². The molecule has 0 saturated carbocycles. The van der Waals surface area contributed by atoms with Gasteiger partial charge in [0.05, 0.1) is 12.1 Å². The zero-order valence-electron chi connectivity index (χ0n) is 13.0. The summed E-state index contributed by atoms with van der Waals surface area (Å²) in [6.45, 7) is 3.93. The Bertz CT molecular complexity index is 786. The standard InChI is InChI=1S/C18H18N2O3/c1-11-6-7-12(2)15(8-11)19-16-10-17(22)20(18(16)23)13-4-3-5-14(21)9-13/h3-9,16,19,21H,10H2,1-2H3. The van der Waals surface area contributed by atoms with Crippen LogP contribution in [-0.4, -0.2) is 23.0 Å². The molecule has 1 unspecified atom stereocenters. The smallest absolute Gasteiger partial charge is 0.256 e. The van der Waals surface area contributed by atoms with Crippen LogP contribution in [0.4, 0.5) is 11.4 Å². The van der Waals surface area contributed by atoms with E-state index in [0.717, 1.165) is 21.7 Å². The lowest BCUT2D eigenvalue weighted by Gasteiger charge is -2.17. The van der Waals surface area contributed by atoms with Gasteiger partial charge < -0.3 is 10.4 Å². The van der Waals surface area contributed by atoms with Gasteiger partial charge in [0.15, 0.2) is 0 Å². The van der Waals surface area contributed by atoms with E-state index in [2.05, 4.69) is 5.32 Å². The lowest BCUT2D eigenvalue weighted by molar-refractivity contribution is -0.121. The molecule has 2 aromatic rings. The first-order chi connectivity index (χ1) is 11.0. The highest BCUT2D eigenvalue weighted by molar-refractivity contribution is 6.23. The minimum Gasteiger partial charge on any atom is -0.508 e. The van der Waals surface area contributed by atoms with Gasteiger partial charge in [-0.25, -0.2) is 4.90 Å². The zero-order chi connectivity index (χ0) is 16.6. The van der Waals surface area contributed by atoms with E-state index < -0.39 is 6.04 Å². The molecule has 1 saturated heterocycles. The van der Waals surface area contributed by atoms with Gasteiger partial charge in [0.2, 0.25) is 5.91 Å². The third-order valence-electron chi connectivity index (χ3n) is 3.96. The number of hydrogen-bond donors (Lipinski definition) is 2. The zero-order valence-corrected chi connectivity index (χ0v) is 13.0. The van der Waals surface area contributed by atoms with Crippen LogP contribution in [0.3, 0.4) is 0 Å². The molecule has 0 bridgehead atoms. The van der Waals surface area contributed by atoms with Crippen molar-refractivity contribution in [1.82, 2.24) is 0 Å². The van der Waals surface area contributed by atoms with Crippen molar-refractivity contribution in [3.8, 4) is 5.75 Å². The number of anilines is 2. The first-order valence-corrected chi connectivity index (χ1v) is 7.45. The number of imide groups is 1. The fourth-order valence-electron chi connectivity index (χ4n) is 2.73. The second-order valence-electron chi connectivity index (χ2n) is 5.81. The van der Waals surface area contributed by atoms with Crippen LogP contribution in [-0.2, 0) is 9.59 Å². The SMILES string of the molecule is Cc1ccc(C)c(NC2CC(=O)N(c3cccc(O)c3)C2=O)c1. The minimum absolute atomic E-state index is 0.0223. The molecular formula is C18H18N2O3. The summed E-state index contributed by atoms with van der Waals surface area (Å²) in [4.78, 5) is 25.9. The van der Waals surface area contributed by atoms with E-state index in [1.54, 1.807) is 12.1 Å². The van der Waals surface area contributed by atoms with E-state index in [0.29, 0.717) is 5.69 Å². The summed E-state index contributed by atoms with van der Waals surface area (Å²) in [5.41, 5.74) is 3.35. The number of carbonyl (C=O) groups excluding carboxylic acids is 2. The number of nitrogens with one attached hydrogen (secondary N) is 1. The summed E-state index contributed by atoms with van der Waals surface area (Å²) in [7, 11) is 0. The molecule has 2 amide bonds. The maximum absolute atomic E-state index is 12.6. The number of benzene rings is 2. The van der Waals surface area contributed by atoms with Crippen molar-refractivity contribution in [3.63, 3.8) is 0 Å². The Labute approximate surface area is 134 Å². The number of phenols is 1. The Morgan fingerprint density at radius 1 is 1.13 bits per heavy atom. The van der Waals surface area contributed by atoms with E-state index in [1.807, 2.05) is 32.0 Å². The van der Waals surface area contributed by atoms with Gasteiger partial charge in [0, 0.05) is 11.8 Å². The average Bonchev–Trinajstić information content (AvgIpc) is 2.77. The van der Waals surface area contributed by atoms with Gasteiger partial charge >= 0.3 is 0 Å². The first-order valence-electron chi connectivity index (χ1n) is 7.45. The number of hydrogen-bond acceptors (Lipinski definition) is 4. The molecule has 1 aliphatic rings. The van der Waals surface area contributed by atoms with Crippen LogP contribution in [0.2, 0.25) is 0 Å². The van der Waals surface area contributed by atoms with E-state index >= 15 is 0 Å². The summed E-state index contributed by atoms with van der Waals surface area (Å²) in [6.07, 6.45) is 0.0991. The molecule has 0 radical (unpaired) electrons. The maximum atomic E-state index is 12.6. The Morgan fingerprint density at radius 3 is 2.65 bits per heavy atom. The van der Waals surface area contributed by atoms with Gasteiger partial charge in [-0.05, 0) is 43.2 Å². The van der Waals surface area contributed by atoms with Crippen LogP contribution < -0.4 is 10.2 Å². The van der Waals surface area contributed by atoms with Gasteiger partial charge in [-0.15, -0.1) is 0 Å². The van der Waals surface area contributed by atoms with Crippen LogP contribution in [0.15, 0.2) is 42.5 Å². The van der Waals surface area contributed by atoms with E-state index in [-0.39, 0.29) is 24.0 Å². The average molecular weight is 310 g/mol. The molecule has 1 fully saturated rings.